The first-order chi connectivity index (χ1) is 13.4. The monoisotopic (exact) mass is 393 g/mol. The van der Waals surface area contributed by atoms with E-state index in [2.05, 4.69) is 20.3 Å². The Morgan fingerprint density at radius 1 is 1.04 bits per heavy atom. The van der Waals surface area contributed by atoms with Crippen LogP contribution in [0.4, 0.5) is 13.2 Å². The Balaban J connectivity index is 1.51. The fourth-order valence-corrected chi connectivity index (χ4v) is 2.21. The Labute approximate surface area is 157 Å². The summed E-state index contributed by atoms with van der Waals surface area (Å²) < 4.78 is 51.5. The van der Waals surface area contributed by atoms with Gasteiger partial charge in [0, 0.05) is 17.7 Å². The second-order valence-corrected chi connectivity index (χ2v) is 5.46. The van der Waals surface area contributed by atoms with Crippen molar-refractivity contribution in [3.63, 3.8) is 0 Å². The summed E-state index contributed by atoms with van der Waals surface area (Å²) in [5.41, 5.74) is 0.855. The van der Waals surface area contributed by atoms with Crippen LogP contribution >= 0.6 is 0 Å². The van der Waals surface area contributed by atoms with Crippen LogP contribution in [-0.2, 0) is 11.3 Å². The van der Waals surface area contributed by atoms with Crippen molar-refractivity contribution in [3.8, 4) is 23.3 Å². The lowest BCUT2D eigenvalue weighted by Crippen LogP contribution is -2.29. The molecule has 2 aromatic carbocycles. The number of rotatable bonds is 7. The van der Waals surface area contributed by atoms with Gasteiger partial charge in [0.1, 0.15) is 5.75 Å². The van der Waals surface area contributed by atoms with Gasteiger partial charge in [0.15, 0.2) is 6.61 Å². The van der Waals surface area contributed by atoms with Crippen molar-refractivity contribution in [1.29, 1.82) is 0 Å². The van der Waals surface area contributed by atoms with Gasteiger partial charge < -0.3 is 19.2 Å². The number of carbonyl (C=O) groups excluding carboxylic acids is 1. The third-order valence-corrected chi connectivity index (χ3v) is 3.43. The molecule has 0 atom stereocenters. The average molecular weight is 393 g/mol. The van der Waals surface area contributed by atoms with Crippen molar-refractivity contribution < 1.29 is 31.9 Å². The number of hydrogen-bond donors (Lipinski definition) is 1. The zero-order valence-electron chi connectivity index (χ0n) is 14.3. The molecule has 1 heterocycles. The molecule has 0 saturated carbocycles. The molecule has 3 aromatic rings. The van der Waals surface area contributed by atoms with Gasteiger partial charge in [0.2, 0.25) is 0 Å². The molecule has 0 radical (unpaired) electrons. The van der Waals surface area contributed by atoms with Crippen LogP contribution in [0.5, 0.6) is 11.8 Å². The number of aromatic nitrogens is 2. The van der Waals surface area contributed by atoms with Gasteiger partial charge in [0.25, 0.3) is 11.8 Å². The summed E-state index contributed by atoms with van der Waals surface area (Å²) in [6, 6.07) is 14.5. The molecule has 0 saturated heterocycles. The standard InChI is InChI=1S/C18H14F3N3O4/c19-18(20,21)28-14-9-5-4-8-13(14)10-22-15(25)11-26-17-24-23-16(27-17)12-6-2-1-3-7-12/h1-9H,10-11H2,(H,22,25). The Morgan fingerprint density at radius 2 is 1.75 bits per heavy atom. The van der Waals surface area contributed by atoms with Gasteiger partial charge >= 0.3 is 12.4 Å². The maximum Gasteiger partial charge on any atom is 0.573 e. The minimum absolute atomic E-state index is 0.164. The molecule has 0 fully saturated rings. The Bertz CT molecular complexity index is 929. The molecular formula is C18H14F3N3O4. The molecule has 0 unspecified atom stereocenters. The lowest BCUT2D eigenvalue weighted by atomic mass is 10.2. The number of para-hydroxylation sites is 1. The molecule has 1 N–H and O–H groups in total. The predicted octanol–water partition coefficient (Wildman–Crippen LogP) is 3.33. The summed E-state index contributed by atoms with van der Waals surface area (Å²) in [6.45, 7) is -0.619. The minimum atomic E-state index is -4.82. The van der Waals surface area contributed by atoms with Crippen LogP contribution in [0.3, 0.4) is 0 Å². The molecule has 7 nitrogen and oxygen atoms in total. The van der Waals surface area contributed by atoms with Gasteiger partial charge in [0.05, 0.1) is 0 Å². The zero-order chi connectivity index (χ0) is 20.0. The van der Waals surface area contributed by atoms with Crippen molar-refractivity contribution >= 4 is 5.91 Å². The number of amides is 1. The Kier molecular flexibility index (Phi) is 5.78. The van der Waals surface area contributed by atoms with E-state index in [0.717, 1.165) is 6.07 Å². The molecule has 0 spiro atoms. The van der Waals surface area contributed by atoms with Crippen molar-refractivity contribution in [2.75, 3.05) is 6.61 Å². The molecule has 3 rings (SSSR count). The number of nitrogens with one attached hydrogen (secondary N) is 1. The Hall–Kier alpha value is -3.56. The van der Waals surface area contributed by atoms with Crippen molar-refractivity contribution in [1.82, 2.24) is 15.5 Å². The van der Waals surface area contributed by atoms with Crippen molar-refractivity contribution in [2.24, 2.45) is 0 Å². The summed E-state index contributed by atoms with van der Waals surface area (Å²) in [5.74, 6) is -0.740. The van der Waals surface area contributed by atoms with Gasteiger partial charge in [-0.3, -0.25) is 4.79 Å². The Morgan fingerprint density at radius 3 is 2.50 bits per heavy atom. The molecule has 0 aliphatic heterocycles. The molecule has 146 valence electrons. The molecule has 28 heavy (non-hydrogen) atoms. The summed E-state index contributed by atoms with van der Waals surface area (Å²) in [6.07, 6.45) is -5.02. The predicted molar refractivity (Wildman–Crippen MR) is 90.2 cm³/mol. The third-order valence-electron chi connectivity index (χ3n) is 3.43. The van der Waals surface area contributed by atoms with E-state index in [1.807, 2.05) is 6.07 Å². The van der Waals surface area contributed by atoms with Crippen LogP contribution in [-0.4, -0.2) is 29.1 Å². The minimum Gasteiger partial charge on any atom is -0.439 e. The highest BCUT2D eigenvalue weighted by atomic mass is 19.4. The smallest absolute Gasteiger partial charge is 0.439 e. The maximum atomic E-state index is 12.4. The van der Waals surface area contributed by atoms with E-state index >= 15 is 0 Å². The largest absolute Gasteiger partial charge is 0.573 e. The number of benzene rings is 2. The fourth-order valence-electron chi connectivity index (χ4n) is 2.21. The van der Waals surface area contributed by atoms with E-state index in [1.165, 1.54) is 18.2 Å². The molecule has 1 aromatic heterocycles. The maximum absolute atomic E-state index is 12.4. The molecule has 0 aliphatic carbocycles. The second-order valence-electron chi connectivity index (χ2n) is 5.46. The highest BCUT2D eigenvalue weighted by Crippen LogP contribution is 2.26. The molecular weight excluding hydrogens is 379 g/mol. The van der Waals surface area contributed by atoms with Gasteiger partial charge in [-0.25, -0.2) is 0 Å². The van der Waals surface area contributed by atoms with E-state index in [1.54, 1.807) is 24.3 Å². The van der Waals surface area contributed by atoms with Crippen LogP contribution in [0.1, 0.15) is 5.56 Å². The van der Waals surface area contributed by atoms with Crippen LogP contribution in [0.15, 0.2) is 59.0 Å². The SMILES string of the molecule is O=C(COc1nnc(-c2ccccc2)o1)NCc1ccccc1OC(F)(F)F. The topological polar surface area (TPSA) is 86.5 Å². The highest BCUT2D eigenvalue weighted by Gasteiger charge is 2.32. The molecule has 0 bridgehead atoms. The van der Waals surface area contributed by atoms with E-state index in [-0.39, 0.29) is 29.8 Å². The summed E-state index contributed by atoms with van der Waals surface area (Å²) in [4.78, 5) is 11.9. The number of halogens is 3. The fraction of sp³-hybridized carbons (Fsp3) is 0.167. The average Bonchev–Trinajstić information content (AvgIpc) is 3.14. The van der Waals surface area contributed by atoms with Crippen LogP contribution < -0.4 is 14.8 Å². The lowest BCUT2D eigenvalue weighted by Gasteiger charge is -2.13. The summed E-state index contributed by atoms with van der Waals surface area (Å²) >= 11 is 0. The number of alkyl halides is 3. The first-order valence-electron chi connectivity index (χ1n) is 8.03. The lowest BCUT2D eigenvalue weighted by molar-refractivity contribution is -0.274. The van der Waals surface area contributed by atoms with E-state index in [0.29, 0.717) is 5.56 Å². The van der Waals surface area contributed by atoms with Gasteiger partial charge in [-0.2, -0.15) is 0 Å². The molecule has 0 aliphatic rings. The van der Waals surface area contributed by atoms with Gasteiger partial charge in [-0.05, 0) is 18.2 Å². The van der Waals surface area contributed by atoms with E-state index < -0.39 is 18.9 Å². The number of hydrogen-bond acceptors (Lipinski definition) is 6. The first kappa shape index (κ1) is 19.2. The van der Waals surface area contributed by atoms with Crippen molar-refractivity contribution in [3.05, 3.63) is 60.2 Å². The van der Waals surface area contributed by atoms with E-state index in [4.69, 9.17) is 9.15 Å². The van der Waals surface area contributed by atoms with Crippen LogP contribution in [0.2, 0.25) is 0 Å². The van der Waals surface area contributed by atoms with E-state index in [9.17, 15) is 18.0 Å². The number of ether oxygens (including phenoxy) is 2. The molecule has 1 amide bonds. The zero-order valence-corrected chi connectivity index (χ0v) is 14.3. The van der Waals surface area contributed by atoms with Crippen LogP contribution in [0, 0.1) is 0 Å². The molecule has 10 heteroatoms. The summed E-state index contributed by atoms with van der Waals surface area (Å²) in [5, 5.41) is 9.91. The van der Waals surface area contributed by atoms with Crippen molar-refractivity contribution in [2.45, 2.75) is 12.9 Å². The summed E-state index contributed by atoms with van der Waals surface area (Å²) in [7, 11) is 0. The first-order valence-corrected chi connectivity index (χ1v) is 8.03. The number of nitrogens with zero attached hydrogens (tertiary/aromatic N) is 2. The number of carbonyl (C=O) groups is 1. The van der Waals surface area contributed by atoms with Gasteiger partial charge in [-0.15, -0.1) is 18.3 Å². The van der Waals surface area contributed by atoms with Gasteiger partial charge in [-0.1, -0.05) is 41.5 Å². The highest BCUT2D eigenvalue weighted by molar-refractivity contribution is 5.77. The quantitative estimate of drug-likeness (QED) is 0.663. The second kappa shape index (κ2) is 8.42. The normalized spacial score (nSPS) is 11.1. The third kappa shape index (κ3) is 5.47. The van der Waals surface area contributed by atoms with Crippen LogP contribution in [0.25, 0.3) is 11.5 Å².